The van der Waals surface area contributed by atoms with E-state index >= 15 is 0 Å². The van der Waals surface area contributed by atoms with Gasteiger partial charge in [-0.2, -0.15) is 4.98 Å². The van der Waals surface area contributed by atoms with Gasteiger partial charge < -0.3 is 20.1 Å². The van der Waals surface area contributed by atoms with Crippen molar-refractivity contribution in [3.8, 4) is 22.8 Å². The topological polar surface area (TPSA) is 68.3 Å². The van der Waals surface area contributed by atoms with Crippen molar-refractivity contribution in [3.05, 3.63) is 54.6 Å². The Morgan fingerprint density at radius 1 is 0.857 bits per heavy atom. The zero-order valence-corrected chi connectivity index (χ0v) is 15.5. The molecular formula is C22H22N4O2. The van der Waals surface area contributed by atoms with E-state index in [2.05, 4.69) is 22.8 Å². The lowest BCUT2D eigenvalue weighted by Gasteiger charge is -2.15. The smallest absolute Gasteiger partial charge is 0.231 e. The Morgan fingerprint density at radius 2 is 1.68 bits per heavy atom. The van der Waals surface area contributed by atoms with E-state index in [1.165, 1.54) is 25.7 Å². The van der Waals surface area contributed by atoms with Crippen LogP contribution in [0.5, 0.6) is 11.5 Å². The van der Waals surface area contributed by atoms with Crippen LogP contribution in [0.25, 0.3) is 11.3 Å². The van der Waals surface area contributed by atoms with Crippen molar-refractivity contribution >= 4 is 17.5 Å². The molecule has 5 rings (SSSR count). The fraction of sp³-hybridized carbons (Fsp3) is 0.273. The van der Waals surface area contributed by atoms with E-state index in [0.29, 0.717) is 12.0 Å². The minimum Gasteiger partial charge on any atom is -0.454 e. The molecule has 1 aliphatic heterocycles. The Hall–Kier alpha value is -3.28. The molecule has 0 radical (unpaired) electrons. The maximum Gasteiger partial charge on any atom is 0.231 e. The van der Waals surface area contributed by atoms with Gasteiger partial charge in [-0.3, -0.25) is 0 Å². The van der Waals surface area contributed by atoms with E-state index in [4.69, 9.17) is 19.4 Å². The lowest BCUT2D eigenvalue weighted by Crippen LogP contribution is -2.16. The standard InChI is InChI=1S/C22H22N4O2/c1-2-6-15(7-3-1)18-13-21(23-16-8-4-5-9-16)26-22(25-18)24-17-10-11-19-20(12-17)28-14-27-19/h1-3,6-7,10-13,16H,4-5,8-9,14H2,(H2,23,24,25,26). The molecule has 1 saturated carbocycles. The third-order valence-electron chi connectivity index (χ3n) is 5.13. The first-order chi connectivity index (χ1) is 13.8. The molecule has 0 bridgehead atoms. The van der Waals surface area contributed by atoms with Gasteiger partial charge in [0.15, 0.2) is 11.5 Å². The Labute approximate surface area is 163 Å². The van der Waals surface area contributed by atoms with Gasteiger partial charge in [-0.25, -0.2) is 4.98 Å². The van der Waals surface area contributed by atoms with E-state index in [-0.39, 0.29) is 6.79 Å². The van der Waals surface area contributed by atoms with Crippen LogP contribution in [-0.4, -0.2) is 22.8 Å². The second kappa shape index (κ2) is 7.38. The third-order valence-corrected chi connectivity index (χ3v) is 5.13. The summed E-state index contributed by atoms with van der Waals surface area (Å²) in [5.74, 6) is 2.89. The van der Waals surface area contributed by atoms with Crippen LogP contribution in [0.1, 0.15) is 25.7 Å². The van der Waals surface area contributed by atoms with Gasteiger partial charge in [-0.15, -0.1) is 0 Å². The van der Waals surface area contributed by atoms with Gasteiger partial charge in [0, 0.05) is 29.4 Å². The van der Waals surface area contributed by atoms with Crippen LogP contribution in [0.3, 0.4) is 0 Å². The Bertz CT molecular complexity index is 972. The number of hydrogen-bond donors (Lipinski definition) is 2. The molecule has 6 nitrogen and oxygen atoms in total. The molecule has 1 aromatic heterocycles. The Morgan fingerprint density at radius 3 is 2.54 bits per heavy atom. The van der Waals surface area contributed by atoms with Gasteiger partial charge in [-0.1, -0.05) is 43.2 Å². The van der Waals surface area contributed by atoms with E-state index in [1.807, 2.05) is 42.5 Å². The predicted molar refractivity (Wildman–Crippen MR) is 109 cm³/mol. The fourth-order valence-electron chi connectivity index (χ4n) is 3.72. The number of ether oxygens (including phenoxy) is 2. The van der Waals surface area contributed by atoms with Crippen LogP contribution in [0.15, 0.2) is 54.6 Å². The minimum atomic E-state index is 0.258. The first kappa shape index (κ1) is 16.9. The van der Waals surface area contributed by atoms with Crippen LogP contribution in [0.4, 0.5) is 17.5 Å². The number of fused-ring (bicyclic) bond motifs is 1. The highest BCUT2D eigenvalue weighted by molar-refractivity contribution is 5.67. The van der Waals surface area contributed by atoms with Gasteiger partial charge in [-0.05, 0) is 25.0 Å². The molecule has 2 heterocycles. The summed E-state index contributed by atoms with van der Waals surface area (Å²) in [6, 6.07) is 18.4. The molecule has 0 saturated heterocycles. The summed E-state index contributed by atoms with van der Waals surface area (Å²) in [5.41, 5.74) is 2.81. The summed E-state index contributed by atoms with van der Waals surface area (Å²) in [6.45, 7) is 0.258. The monoisotopic (exact) mass is 374 g/mol. The fourth-order valence-corrected chi connectivity index (χ4v) is 3.72. The first-order valence-corrected chi connectivity index (χ1v) is 9.71. The maximum absolute atomic E-state index is 5.47. The molecule has 0 spiro atoms. The average Bonchev–Trinajstić information content (AvgIpc) is 3.40. The predicted octanol–water partition coefficient (Wildman–Crippen LogP) is 4.97. The lowest BCUT2D eigenvalue weighted by atomic mass is 10.1. The second-order valence-corrected chi connectivity index (χ2v) is 7.15. The summed E-state index contributed by atoms with van der Waals surface area (Å²) < 4.78 is 10.8. The number of hydrogen-bond acceptors (Lipinski definition) is 6. The summed E-state index contributed by atoms with van der Waals surface area (Å²) in [5, 5.41) is 6.89. The lowest BCUT2D eigenvalue weighted by molar-refractivity contribution is 0.174. The number of anilines is 3. The molecule has 3 aromatic rings. The van der Waals surface area contributed by atoms with Gasteiger partial charge >= 0.3 is 0 Å². The molecular weight excluding hydrogens is 352 g/mol. The number of aromatic nitrogens is 2. The molecule has 2 aromatic carbocycles. The minimum absolute atomic E-state index is 0.258. The number of nitrogens with zero attached hydrogens (tertiary/aromatic N) is 2. The maximum atomic E-state index is 5.47. The van der Waals surface area contributed by atoms with E-state index < -0.39 is 0 Å². The van der Waals surface area contributed by atoms with Gasteiger partial charge in [0.25, 0.3) is 0 Å². The summed E-state index contributed by atoms with van der Waals surface area (Å²) in [4.78, 5) is 9.44. The first-order valence-electron chi connectivity index (χ1n) is 9.71. The quantitative estimate of drug-likeness (QED) is 0.657. The number of benzene rings is 2. The Kier molecular flexibility index (Phi) is 4.45. The van der Waals surface area contributed by atoms with Crippen LogP contribution < -0.4 is 20.1 Å². The third kappa shape index (κ3) is 3.58. The van der Waals surface area contributed by atoms with Crippen LogP contribution in [0.2, 0.25) is 0 Å². The average molecular weight is 374 g/mol. The molecule has 2 aliphatic rings. The highest BCUT2D eigenvalue weighted by Crippen LogP contribution is 2.35. The highest BCUT2D eigenvalue weighted by Gasteiger charge is 2.17. The van der Waals surface area contributed by atoms with Crippen LogP contribution in [0, 0.1) is 0 Å². The van der Waals surface area contributed by atoms with Crippen molar-refractivity contribution in [1.29, 1.82) is 0 Å². The summed E-state index contributed by atoms with van der Waals surface area (Å²) >= 11 is 0. The van der Waals surface area contributed by atoms with Gasteiger partial charge in [0.1, 0.15) is 5.82 Å². The molecule has 2 N–H and O–H groups in total. The van der Waals surface area contributed by atoms with E-state index in [1.54, 1.807) is 0 Å². The van der Waals surface area contributed by atoms with Crippen molar-refractivity contribution in [1.82, 2.24) is 9.97 Å². The number of rotatable bonds is 5. The largest absolute Gasteiger partial charge is 0.454 e. The highest BCUT2D eigenvalue weighted by atomic mass is 16.7. The van der Waals surface area contributed by atoms with Crippen molar-refractivity contribution in [2.24, 2.45) is 0 Å². The zero-order valence-electron chi connectivity index (χ0n) is 15.5. The summed E-state index contributed by atoms with van der Waals surface area (Å²) in [6.07, 6.45) is 4.93. The van der Waals surface area contributed by atoms with Gasteiger partial charge in [0.05, 0.1) is 5.69 Å². The van der Waals surface area contributed by atoms with E-state index in [0.717, 1.165) is 34.3 Å². The van der Waals surface area contributed by atoms with Crippen LogP contribution in [-0.2, 0) is 0 Å². The molecule has 0 amide bonds. The van der Waals surface area contributed by atoms with Crippen molar-refractivity contribution < 1.29 is 9.47 Å². The molecule has 0 unspecified atom stereocenters. The van der Waals surface area contributed by atoms with Gasteiger partial charge in [0.2, 0.25) is 12.7 Å². The molecule has 1 aliphatic carbocycles. The zero-order chi connectivity index (χ0) is 18.8. The molecule has 28 heavy (non-hydrogen) atoms. The van der Waals surface area contributed by atoms with Crippen molar-refractivity contribution in [3.63, 3.8) is 0 Å². The molecule has 0 atom stereocenters. The Balaban J connectivity index is 1.47. The number of nitrogens with one attached hydrogen (secondary N) is 2. The van der Waals surface area contributed by atoms with E-state index in [9.17, 15) is 0 Å². The second-order valence-electron chi connectivity index (χ2n) is 7.15. The molecule has 1 fully saturated rings. The van der Waals surface area contributed by atoms with Crippen LogP contribution >= 0.6 is 0 Å². The molecule has 142 valence electrons. The SMILES string of the molecule is c1ccc(-c2cc(NC3CCCC3)nc(Nc3ccc4c(c3)OCO4)n2)cc1. The molecule has 6 heteroatoms. The van der Waals surface area contributed by atoms with Crippen molar-refractivity contribution in [2.45, 2.75) is 31.7 Å². The summed E-state index contributed by atoms with van der Waals surface area (Å²) in [7, 11) is 0. The van der Waals surface area contributed by atoms with Crippen molar-refractivity contribution in [2.75, 3.05) is 17.4 Å². The normalized spacial score (nSPS) is 15.6.